The molecule has 0 unspecified atom stereocenters. The first-order valence-electron chi connectivity index (χ1n) is 9.54. The number of aliphatic imine (C=N–C) groups is 1. The van der Waals surface area contributed by atoms with Gasteiger partial charge in [0.1, 0.15) is 30.1 Å². The highest BCUT2D eigenvalue weighted by atomic mass is 16.4. The van der Waals surface area contributed by atoms with Crippen LogP contribution in [0.2, 0.25) is 0 Å². The second kappa shape index (κ2) is 9.80. The number of hydrogen-bond acceptors (Lipinski definition) is 11. The van der Waals surface area contributed by atoms with Crippen molar-refractivity contribution in [2.45, 2.75) is 31.3 Å². The zero-order valence-corrected chi connectivity index (χ0v) is 16.9. The molecular formula is C20H23N5O7. The van der Waals surface area contributed by atoms with E-state index < -0.39 is 42.8 Å². The summed E-state index contributed by atoms with van der Waals surface area (Å²) in [5, 5.41) is 61.5. The number of fused-ring (bicyclic) bond motifs is 1. The molecule has 0 radical (unpaired) electrons. The van der Waals surface area contributed by atoms with E-state index in [1.807, 2.05) is 24.3 Å². The third-order valence-electron chi connectivity index (χ3n) is 4.72. The van der Waals surface area contributed by atoms with Crippen LogP contribution in [0, 0.1) is 0 Å². The summed E-state index contributed by atoms with van der Waals surface area (Å²) in [4.78, 5) is 20.4. The standard InChI is InChI=1S/C20H23N5O7/c1-10(27)25-19(32)14(6-11-7-21-13-5-3-2-4-12(11)13)23-20(25)24-22-8-15(28)17(30)18(31)16(29)9-26/h2-8,15-18,26,28-32H,9H2,1H3,(H,23,24)/b11-6+,22-8+/t15-,16+,17+,18-/m0/s1. The third-order valence-corrected chi connectivity index (χ3v) is 4.72. The Morgan fingerprint density at radius 1 is 1.22 bits per heavy atom. The summed E-state index contributed by atoms with van der Waals surface area (Å²) >= 11 is 0. The Labute approximate surface area is 182 Å². The number of benzene rings is 1. The number of nitrogens with zero attached hydrogens (tertiary/aromatic N) is 4. The van der Waals surface area contributed by atoms with Gasteiger partial charge in [0, 0.05) is 24.3 Å². The van der Waals surface area contributed by atoms with E-state index in [1.54, 1.807) is 12.3 Å². The van der Waals surface area contributed by atoms with Crippen molar-refractivity contribution in [3.05, 3.63) is 35.5 Å². The van der Waals surface area contributed by atoms with Crippen LogP contribution in [-0.2, 0) is 0 Å². The van der Waals surface area contributed by atoms with Crippen molar-refractivity contribution < 1.29 is 35.4 Å². The van der Waals surface area contributed by atoms with E-state index in [4.69, 9.17) is 5.11 Å². The van der Waals surface area contributed by atoms with E-state index in [0.29, 0.717) is 5.57 Å². The fourth-order valence-corrected chi connectivity index (χ4v) is 3.00. The third kappa shape index (κ3) is 4.74. The minimum atomic E-state index is -1.84. The number of aromatic nitrogens is 2. The van der Waals surface area contributed by atoms with Crippen LogP contribution in [0.3, 0.4) is 0 Å². The van der Waals surface area contributed by atoms with Gasteiger partial charge in [-0.25, -0.2) is 15.0 Å². The highest BCUT2D eigenvalue weighted by Gasteiger charge is 2.29. The second-order valence-corrected chi connectivity index (χ2v) is 6.99. The summed E-state index contributed by atoms with van der Waals surface area (Å²) < 4.78 is 0.856. The molecule has 3 rings (SSSR count). The number of anilines is 1. The van der Waals surface area contributed by atoms with Crippen LogP contribution in [0.4, 0.5) is 11.6 Å². The lowest BCUT2D eigenvalue weighted by Gasteiger charge is -2.23. The number of carbonyl (C=O) groups is 1. The van der Waals surface area contributed by atoms with Crippen LogP contribution >= 0.6 is 0 Å². The zero-order valence-electron chi connectivity index (χ0n) is 16.9. The van der Waals surface area contributed by atoms with Gasteiger partial charge < -0.3 is 30.6 Å². The number of hydrazone groups is 1. The Hall–Kier alpha value is -3.42. The van der Waals surface area contributed by atoms with E-state index in [9.17, 15) is 30.3 Å². The molecule has 7 N–H and O–H groups in total. The van der Waals surface area contributed by atoms with Crippen molar-refractivity contribution in [2.75, 3.05) is 12.0 Å². The number of aliphatic hydroxyl groups excluding tert-OH is 5. The first kappa shape index (κ1) is 23.2. The normalized spacial score (nSPS) is 18.0. The van der Waals surface area contributed by atoms with Gasteiger partial charge in [-0.2, -0.15) is 5.10 Å². The van der Waals surface area contributed by atoms with Crippen molar-refractivity contribution in [1.29, 1.82) is 0 Å². The quantitative estimate of drug-likeness (QED) is 0.204. The van der Waals surface area contributed by atoms with Gasteiger partial charge in [-0.05, 0) is 12.1 Å². The Morgan fingerprint density at radius 3 is 2.62 bits per heavy atom. The summed E-state index contributed by atoms with van der Waals surface area (Å²) in [5.74, 6) is -1.18. The number of imidazole rings is 1. The fraction of sp³-hybridized carbons (Fsp3) is 0.300. The molecule has 1 aliphatic rings. The molecule has 2 aromatic rings. The van der Waals surface area contributed by atoms with E-state index in [2.05, 4.69) is 20.5 Å². The Bertz CT molecular complexity index is 1080. The molecule has 0 spiro atoms. The molecule has 1 aliphatic heterocycles. The number of carbonyl (C=O) groups excluding carboxylic acids is 1. The molecule has 32 heavy (non-hydrogen) atoms. The number of allylic oxidation sites excluding steroid dienone is 1. The lowest BCUT2D eigenvalue weighted by Crippen LogP contribution is -2.46. The van der Waals surface area contributed by atoms with Gasteiger partial charge in [-0.1, -0.05) is 18.2 Å². The number of para-hydroxylation sites is 1. The number of aromatic hydroxyl groups is 1. The SMILES string of the molecule is CC(=O)n1c(N/N=C/[C@H](O)[C@@H](O)[C@@H](O)[C@H](O)CO)nc(/C=C2\C=Nc3ccccc32)c1O. The van der Waals surface area contributed by atoms with Crippen LogP contribution in [0.1, 0.15) is 23.0 Å². The summed E-state index contributed by atoms with van der Waals surface area (Å²) in [7, 11) is 0. The molecule has 1 aromatic carbocycles. The van der Waals surface area contributed by atoms with Crippen molar-refractivity contribution in [1.82, 2.24) is 9.55 Å². The molecule has 0 bridgehead atoms. The lowest BCUT2D eigenvalue weighted by atomic mass is 10.0. The van der Waals surface area contributed by atoms with Crippen LogP contribution in [0.15, 0.2) is 34.4 Å². The van der Waals surface area contributed by atoms with E-state index >= 15 is 0 Å². The fourth-order valence-electron chi connectivity index (χ4n) is 3.00. The Kier molecular flexibility index (Phi) is 7.12. The minimum absolute atomic E-state index is 0.0677. The predicted octanol–water partition coefficient (Wildman–Crippen LogP) is -0.661. The number of hydrogen-bond donors (Lipinski definition) is 7. The number of aliphatic hydroxyl groups is 5. The zero-order chi connectivity index (χ0) is 23.4. The Morgan fingerprint density at radius 2 is 1.94 bits per heavy atom. The largest absolute Gasteiger partial charge is 0.493 e. The molecule has 0 saturated carbocycles. The maximum absolute atomic E-state index is 12.0. The maximum Gasteiger partial charge on any atom is 0.234 e. The second-order valence-electron chi connectivity index (χ2n) is 6.99. The highest BCUT2D eigenvalue weighted by Crippen LogP contribution is 2.34. The van der Waals surface area contributed by atoms with Crippen LogP contribution in [0.25, 0.3) is 11.6 Å². The van der Waals surface area contributed by atoms with Gasteiger partial charge in [-0.3, -0.25) is 9.79 Å². The molecule has 12 nitrogen and oxygen atoms in total. The molecule has 170 valence electrons. The maximum atomic E-state index is 12.0. The average molecular weight is 445 g/mol. The lowest BCUT2D eigenvalue weighted by molar-refractivity contribution is -0.0999. The smallest absolute Gasteiger partial charge is 0.234 e. The molecule has 4 atom stereocenters. The molecule has 0 aliphatic carbocycles. The average Bonchev–Trinajstić information content (AvgIpc) is 3.33. The van der Waals surface area contributed by atoms with Gasteiger partial charge in [-0.15, -0.1) is 0 Å². The van der Waals surface area contributed by atoms with Gasteiger partial charge >= 0.3 is 0 Å². The van der Waals surface area contributed by atoms with Gasteiger partial charge in [0.2, 0.25) is 17.7 Å². The van der Waals surface area contributed by atoms with Gasteiger partial charge in [0.05, 0.1) is 18.5 Å². The monoisotopic (exact) mass is 445 g/mol. The predicted molar refractivity (Wildman–Crippen MR) is 116 cm³/mol. The topological polar surface area (TPSA) is 193 Å². The molecule has 1 aromatic heterocycles. The van der Waals surface area contributed by atoms with Crippen molar-refractivity contribution in [3.63, 3.8) is 0 Å². The van der Waals surface area contributed by atoms with Crippen LogP contribution in [0.5, 0.6) is 5.88 Å². The number of rotatable bonds is 8. The van der Waals surface area contributed by atoms with E-state index in [1.165, 1.54) is 6.92 Å². The van der Waals surface area contributed by atoms with Crippen molar-refractivity contribution >= 4 is 41.6 Å². The molecular weight excluding hydrogens is 422 g/mol. The first-order chi connectivity index (χ1) is 15.2. The highest BCUT2D eigenvalue weighted by molar-refractivity contribution is 6.21. The van der Waals surface area contributed by atoms with Gasteiger partial charge in [0.25, 0.3) is 0 Å². The van der Waals surface area contributed by atoms with E-state index in [-0.39, 0.29) is 11.6 Å². The van der Waals surface area contributed by atoms with Crippen molar-refractivity contribution in [2.24, 2.45) is 10.1 Å². The summed E-state index contributed by atoms with van der Waals surface area (Å²) in [6, 6.07) is 7.37. The number of nitrogens with one attached hydrogen (secondary N) is 1. The summed E-state index contributed by atoms with van der Waals surface area (Å²) in [6.45, 7) is 0.383. The van der Waals surface area contributed by atoms with E-state index in [0.717, 1.165) is 22.0 Å². The first-order valence-corrected chi connectivity index (χ1v) is 9.54. The molecule has 0 saturated heterocycles. The van der Waals surface area contributed by atoms with Crippen LogP contribution in [-0.4, -0.2) is 89.5 Å². The molecule has 12 heteroatoms. The van der Waals surface area contributed by atoms with Crippen LogP contribution < -0.4 is 5.43 Å². The van der Waals surface area contributed by atoms with Crippen molar-refractivity contribution in [3.8, 4) is 5.88 Å². The summed E-state index contributed by atoms with van der Waals surface area (Å²) in [6.07, 6.45) is -3.09. The van der Waals surface area contributed by atoms with Gasteiger partial charge in [0.15, 0.2) is 0 Å². The molecule has 0 fully saturated rings. The minimum Gasteiger partial charge on any atom is -0.493 e. The summed E-state index contributed by atoms with van der Waals surface area (Å²) in [5.41, 5.74) is 4.71. The molecule has 0 amide bonds. The molecule has 2 heterocycles. The Balaban J connectivity index is 1.81.